The van der Waals surface area contributed by atoms with Gasteiger partial charge < -0.3 is 5.11 Å². The lowest BCUT2D eigenvalue weighted by atomic mass is 10.1. The summed E-state index contributed by atoms with van der Waals surface area (Å²) in [6, 6.07) is 18.8. The molecule has 0 saturated heterocycles. The predicted molar refractivity (Wildman–Crippen MR) is 78.0 cm³/mol. The first kappa shape index (κ1) is 14.2. The van der Waals surface area contributed by atoms with Gasteiger partial charge in [-0.15, -0.1) is 0 Å². The minimum absolute atomic E-state index is 0.442. The molecule has 2 rings (SSSR count). The summed E-state index contributed by atoms with van der Waals surface area (Å²) in [4.78, 5) is 11.2. The summed E-state index contributed by atoms with van der Waals surface area (Å²) < 4.78 is 0. The topological polar surface area (TPSA) is 61.4 Å². The van der Waals surface area contributed by atoms with E-state index in [1.165, 1.54) is 0 Å². The molecule has 0 aliphatic carbocycles. The van der Waals surface area contributed by atoms with Crippen LogP contribution in [0.2, 0.25) is 0 Å². The van der Waals surface area contributed by atoms with Crippen LogP contribution >= 0.6 is 0 Å². The van der Waals surface area contributed by atoms with Crippen LogP contribution in [0.15, 0.2) is 60.7 Å². The van der Waals surface area contributed by atoms with Crippen LogP contribution in [-0.4, -0.2) is 17.1 Å². The van der Waals surface area contributed by atoms with Gasteiger partial charge in [0.15, 0.2) is 0 Å². The lowest BCUT2D eigenvalue weighted by Crippen LogP contribution is -2.46. The molecule has 0 aliphatic rings. The third-order valence-corrected chi connectivity index (χ3v) is 2.99. The number of aliphatic carboxylic acids is 1. The number of hydrogen-bond donors (Lipinski definition) is 3. The predicted octanol–water partition coefficient (Wildman–Crippen LogP) is 1.98. The molecule has 0 unspecified atom stereocenters. The Morgan fingerprint density at radius 1 is 0.950 bits per heavy atom. The molecule has 4 heteroatoms. The molecule has 104 valence electrons. The van der Waals surface area contributed by atoms with Gasteiger partial charge in [0.1, 0.15) is 6.04 Å². The highest BCUT2D eigenvalue weighted by atomic mass is 16.4. The average Bonchev–Trinajstić information content (AvgIpc) is 2.48. The van der Waals surface area contributed by atoms with E-state index in [4.69, 9.17) is 0 Å². The molecule has 1 atom stereocenters. The molecule has 0 aromatic heterocycles. The van der Waals surface area contributed by atoms with Crippen LogP contribution in [-0.2, 0) is 17.8 Å². The van der Waals surface area contributed by atoms with Gasteiger partial charge in [-0.2, -0.15) is 0 Å². The Balaban J connectivity index is 1.85. The fourth-order valence-corrected chi connectivity index (χ4v) is 1.92. The van der Waals surface area contributed by atoms with Gasteiger partial charge in [0.2, 0.25) is 0 Å². The lowest BCUT2D eigenvalue weighted by Gasteiger charge is -2.15. The maximum Gasteiger partial charge on any atom is 0.322 e. The molecule has 0 spiro atoms. The summed E-state index contributed by atoms with van der Waals surface area (Å²) in [6.07, 6.45) is 0.442. The molecular formula is C16H18N2O2. The number of carboxylic acid groups (broad SMARTS) is 1. The fraction of sp³-hybridized carbons (Fsp3) is 0.188. The van der Waals surface area contributed by atoms with Gasteiger partial charge in [0, 0.05) is 6.54 Å². The normalized spacial score (nSPS) is 12.0. The van der Waals surface area contributed by atoms with Crippen molar-refractivity contribution in [2.45, 2.75) is 19.0 Å². The van der Waals surface area contributed by atoms with Gasteiger partial charge in [0.25, 0.3) is 0 Å². The zero-order valence-electron chi connectivity index (χ0n) is 11.1. The summed E-state index contributed by atoms with van der Waals surface area (Å²) in [5, 5.41) is 9.23. The van der Waals surface area contributed by atoms with Crippen LogP contribution in [0.25, 0.3) is 0 Å². The van der Waals surface area contributed by atoms with Crippen LogP contribution < -0.4 is 10.9 Å². The SMILES string of the molecule is O=C(O)[C@H](Cc1ccccc1)NNCc1ccccc1. The van der Waals surface area contributed by atoms with Crippen LogP contribution in [0.5, 0.6) is 0 Å². The zero-order valence-corrected chi connectivity index (χ0v) is 11.1. The molecule has 4 nitrogen and oxygen atoms in total. The summed E-state index contributed by atoms with van der Waals surface area (Å²) in [7, 11) is 0. The monoisotopic (exact) mass is 270 g/mol. The van der Waals surface area contributed by atoms with Gasteiger partial charge in [-0.1, -0.05) is 60.7 Å². The highest BCUT2D eigenvalue weighted by molar-refractivity contribution is 5.73. The van der Waals surface area contributed by atoms with Gasteiger partial charge in [-0.05, 0) is 17.5 Å². The van der Waals surface area contributed by atoms with E-state index in [9.17, 15) is 9.90 Å². The molecule has 3 N–H and O–H groups in total. The van der Waals surface area contributed by atoms with Gasteiger partial charge in [-0.25, -0.2) is 5.43 Å². The number of carboxylic acids is 1. The van der Waals surface area contributed by atoms with Crippen LogP contribution in [0.3, 0.4) is 0 Å². The Bertz CT molecular complexity index is 529. The van der Waals surface area contributed by atoms with Gasteiger partial charge in [0.05, 0.1) is 0 Å². The van der Waals surface area contributed by atoms with Gasteiger partial charge in [-0.3, -0.25) is 10.2 Å². The Hall–Kier alpha value is -2.17. The number of nitrogens with one attached hydrogen (secondary N) is 2. The second kappa shape index (κ2) is 7.43. The van der Waals surface area contributed by atoms with Crippen molar-refractivity contribution < 1.29 is 9.90 Å². The molecule has 0 fully saturated rings. The van der Waals surface area contributed by atoms with Crippen molar-refractivity contribution in [1.29, 1.82) is 0 Å². The largest absolute Gasteiger partial charge is 0.480 e. The van der Waals surface area contributed by atoms with Crippen LogP contribution in [0.4, 0.5) is 0 Å². The van der Waals surface area contributed by atoms with Crippen molar-refractivity contribution in [1.82, 2.24) is 10.9 Å². The maximum atomic E-state index is 11.2. The third-order valence-electron chi connectivity index (χ3n) is 2.99. The molecule has 0 aliphatic heterocycles. The standard InChI is InChI=1S/C16H18N2O2/c19-16(20)15(11-13-7-3-1-4-8-13)18-17-12-14-9-5-2-6-10-14/h1-10,15,17-18H,11-12H2,(H,19,20)/t15-/m0/s1. The van der Waals surface area contributed by atoms with Crippen LogP contribution in [0.1, 0.15) is 11.1 Å². The summed E-state index contributed by atoms with van der Waals surface area (Å²) in [5.74, 6) is -0.866. The van der Waals surface area contributed by atoms with Crippen molar-refractivity contribution in [3.8, 4) is 0 Å². The minimum Gasteiger partial charge on any atom is -0.480 e. The number of rotatable bonds is 7. The second-order valence-corrected chi connectivity index (χ2v) is 4.56. The van der Waals surface area contributed by atoms with E-state index in [-0.39, 0.29) is 0 Å². The molecule has 20 heavy (non-hydrogen) atoms. The summed E-state index contributed by atoms with van der Waals surface area (Å²) in [6.45, 7) is 0.583. The molecule has 0 amide bonds. The highest BCUT2D eigenvalue weighted by Gasteiger charge is 2.16. The number of carbonyl (C=O) groups is 1. The first-order valence-electron chi connectivity index (χ1n) is 6.55. The molecule has 0 bridgehead atoms. The highest BCUT2D eigenvalue weighted by Crippen LogP contribution is 2.03. The molecule has 2 aromatic rings. The van der Waals surface area contributed by atoms with E-state index < -0.39 is 12.0 Å². The van der Waals surface area contributed by atoms with E-state index in [2.05, 4.69) is 10.9 Å². The molecular weight excluding hydrogens is 252 g/mol. The number of hydrogen-bond acceptors (Lipinski definition) is 3. The first-order chi connectivity index (χ1) is 9.75. The molecule has 0 saturated carbocycles. The van der Waals surface area contributed by atoms with Crippen molar-refractivity contribution in [2.75, 3.05) is 0 Å². The second-order valence-electron chi connectivity index (χ2n) is 4.56. The maximum absolute atomic E-state index is 11.2. The van der Waals surface area contributed by atoms with E-state index in [0.29, 0.717) is 13.0 Å². The third kappa shape index (κ3) is 4.50. The zero-order chi connectivity index (χ0) is 14.2. The number of hydrazine groups is 1. The fourth-order valence-electron chi connectivity index (χ4n) is 1.92. The van der Waals surface area contributed by atoms with Crippen molar-refractivity contribution in [3.63, 3.8) is 0 Å². The van der Waals surface area contributed by atoms with Gasteiger partial charge >= 0.3 is 5.97 Å². The molecule has 0 heterocycles. The lowest BCUT2D eigenvalue weighted by molar-refractivity contribution is -0.139. The summed E-state index contributed by atoms with van der Waals surface area (Å²) in [5.41, 5.74) is 7.93. The Morgan fingerprint density at radius 2 is 1.50 bits per heavy atom. The smallest absolute Gasteiger partial charge is 0.322 e. The molecule has 2 aromatic carbocycles. The van der Waals surface area contributed by atoms with E-state index in [0.717, 1.165) is 11.1 Å². The first-order valence-corrected chi connectivity index (χ1v) is 6.55. The summed E-state index contributed by atoms with van der Waals surface area (Å²) >= 11 is 0. The van der Waals surface area contributed by atoms with Crippen molar-refractivity contribution in [3.05, 3.63) is 71.8 Å². The van der Waals surface area contributed by atoms with Crippen molar-refractivity contribution in [2.24, 2.45) is 0 Å². The minimum atomic E-state index is -0.866. The van der Waals surface area contributed by atoms with E-state index in [1.807, 2.05) is 60.7 Å². The number of benzene rings is 2. The van der Waals surface area contributed by atoms with E-state index >= 15 is 0 Å². The quantitative estimate of drug-likeness (QED) is 0.673. The Labute approximate surface area is 118 Å². The Kier molecular flexibility index (Phi) is 5.29. The Morgan fingerprint density at radius 3 is 2.05 bits per heavy atom. The molecule has 0 radical (unpaired) electrons. The average molecular weight is 270 g/mol. The van der Waals surface area contributed by atoms with Crippen LogP contribution in [0, 0.1) is 0 Å². The van der Waals surface area contributed by atoms with Crippen molar-refractivity contribution >= 4 is 5.97 Å². The van der Waals surface area contributed by atoms with E-state index in [1.54, 1.807) is 0 Å².